The highest BCUT2D eigenvalue weighted by atomic mass is 16.4. The summed E-state index contributed by atoms with van der Waals surface area (Å²) >= 11 is 0. The van der Waals surface area contributed by atoms with Gasteiger partial charge in [0.05, 0.1) is 5.56 Å². The maximum absolute atomic E-state index is 10.9. The quantitative estimate of drug-likeness (QED) is 0.816. The molecule has 4 nitrogen and oxygen atoms in total. The van der Waals surface area contributed by atoms with E-state index >= 15 is 0 Å². The van der Waals surface area contributed by atoms with Crippen LogP contribution in [0.2, 0.25) is 0 Å². The average molecular weight is 234 g/mol. The molecule has 0 bridgehead atoms. The molecular weight excluding hydrogens is 216 g/mol. The molecule has 1 aliphatic heterocycles. The van der Waals surface area contributed by atoms with Gasteiger partial charge in [-0.3, -0.25) is 0 Å². The zero-order valence-corrected chi connectivity index (χ0v) is 10.0. The van der Waals surface area contributed by atoms with Crippen LogP contribution in [0.5, 0.6) is 0 Å². The second-order valence-corrected chi connectivity index (χ2v) is 4.63. The molecule has 1 aliphatic rings. The van der Waals surface area contributed by atoms with Crippen molar-refractivity contribution in [3.8, 4) is 0 Å². The number of hydrogen-bond donors (Lipinski definition) is 2. The second-order valence-electron chi connectivity index (χ2n) is 4.63. The van der Waals surface area contributed by atoms with Crippen molar-refractivity contribution in [3.05, 3.63) is 29.3 Å². The molecule has 1 aromatic rings. The van der Waals surface area contributed by atoms with Gasteiger partial charge < -0.3 is 15.7 Å². The van der Waals surface area contributed by atoms with Crippen molar-refractivity contribution in [3.63, 3.8) is 0 Å². The molecule has 0 saturated carbocycles. The molecule has 1 fully saturated rings. The van der Waals surface area contributed by atoms with Crippen molar-refractivity contribution in [2.24, 2.45) is 5.73 Å². The molecule has 17 heavy (non-hydrogen) atoms. The van der Waals surface area contributed by atoms with Crippen molar-refractivity contribution >= 4 is 11.7 Å². The summed E-state index contributed by atoms with van der Waals surface area (Å²) in [4.78, 5) is 13.2. The molecule has 0 aromatic heterocycles. The molecule has 0 atom stereocenters. The van der Waals surface area contributed by atoms with Gasteiger partial charge in [0, 0.05) is 24.8 Å². The van der Waals surface area contributed by atoms with Gasteiger partial charge in [-0.2, -0.15) is 0 Å². The third kappa shape index (κ3) is 2.58. The van der Waals surface area contributed by atoms with Gasteiger partial charge in [0.15, 0.2) is 0 Å². The van der Waals surface area contributed by atoms with Crippen LogP contribution in [0.4, 0.5) is 5.69 Å². The number of carbonyl (C=O) groups is 1. The van der Waals surface area contributed by atoms with E-state index in [-0.39, 0.29) is 0 Å². The van der Waals surface area contributed by atoms with Gasteiger partial charge in [0.2, 0.25) is 0 Å². The minimum atomic E-state index is -0.866. The zero-order valence-electron chi connectivity index (χ0n) is 10.0. The van der Waals surface area contributed by atoms with E-state index in [9.17, 15) is 4.79 Å². The number of hydrogen-bond acceptors (Lipinski definition) is 3. The first kappa shape index (κ1) is 11.9. The van der Waals surface area contributed by atoms with Crippen molar-refractivity contribution in [2.45, 2.75) is 25.8 Å². The van der Waals surface area contributed by atoms with Crippen LogP contribution in [0.15, 0.2) is 18.2 Å². The van der Waals surface area contributed by atoms with E-state index in [0.717, 1.165) is 37.2 Å². The number of rotatable bonds is 2. The highest BCUT2D eigenvalue weighted by molar-refractivity contribution is 5.89. The van der Waals surface area contributed by atoms with Crippen LogP contribution in [0.1, 0.15) is 28.8 Å². The lowest BCUT2D eigenvalue weighted by atomic mass is 10.0. The number of aromatic carboxylic acids is 1. The normalized spacial score (nSPS) is 17.2. The number of aryl methyl sites for hydroxylation is 1. The van der Waals surface area contributed by atoms with Gasteiger partial charge in [-0.25, -0.2) is 4.79 Å². The number of nitrogens with two attached hydrogens (primary N) is 1. The molecule has 1 aromatic carbocycles. The first-order valence-corrected chi connectivity index (χ1v) is 5.92. The van der Waals surface area contributed by atoms with E-state index in [1.807, 2.05) is 19.1 Å². The predicted molar refractivity (Wildman–Crippen MR) is 67.6 cm³/mol. The Morgan fingerprint density at radius 2 is 2.06 bits per heavy atom. The zero-order chi connectivity index (χ0) is 12.4. The Morgan fingerprint density at radius 1 is 1.41 bits per heavy atom. The summed E-state index contributed by atoms with van der Waals surface area (Å²) in [5.74, 6) is -0.866. The largest absolute Gasteiger partial charge is 0.478 e. The van der Waals surface area contributed by atoms with Crippen LogP contribution < -0.4 is 10.6 Å². The predicted octanol–water partition coefficient (Wildman–Crippen LogP) is 1.62. The van der Waals surface area contributed by atoms with E-state index < -0.39 is 5.97 Å². The molecule has 0 unspecified atom stereocenters. The Balaban J connectivity index is 2.17. The number of benzene rings is 1. The fourth-order valence-electron chi connectivity index (χ4n) is 2.24. The third-order valence-electron chi connectivity index (χ3n) is 3.35. The summed E-state index contributed by atoms with van der Waals surface area (Å²) in [5.41, 5.74) is 8.15. The summed E-state index contributed by atoms with van der Waals surface area (Å²) in [7, 11) is 0. The SMILES string of the molecule is Cc1cc(N2CCC(N)CC2)ccc1C(=O)O. The summed E-state index contributed by atoms with van der Waals surface area (Å²) < 4.78 is 0. The molecule has 92 valence electrons. The second kappa shape index (κ2) is 4.75. The lowest BCUT2D eigenvalue weighted by molar-refractivity contribution is 0.0696. The maximum atomic E-state index is 10.9. The Kier molecular flexibility index (Phi) is 3.33. The van der Waals surface area contributed by atoms with Gasteiger partial charge >= 0.3 is 5.97 Å². The Morgan fingerprint density at radius 3 is 2.59 bits per heavy atom. The Hall–Kier alpha value is -1.55. The lowest BCUT2D eigenvalue weighted by Crippen LogP contribution is -2.39. The molecule has 1 saturated heterocycles. The van der Waals surface area contributed by atoms with E-state index in [1.165, 1.54) is 0 Å². The standard InChI is InChI=1S/C13H18N2O2/c1-9-8-11(2-3-12(9)13(16)17)15-6-4-10(14)5-7-15/h2-3,8,10H,4-7,14H2,1H3,(H,16,17). The van der Waals surface area contributed by atoms with Gasteiger partial charge in [0.1, 0.15) is 0 Å². The number of anilines is 1. The number of carboxylic acid groups (broad SMARTS) is 1. The van der Waals surface area contributed by atoms with Crippen molar-refractivity contribution in [1.29, 1.82) is 0 Å². The van der Waals surface area contributed by atoms with Crippen LogP contribution in [0.25, 0.3) is 0 Å². The average Bonchev–Trinajstić information content (AvgIpc) is 2.29. The van der Waals surface area contributed by atoms with Crippen molar-refractivity contribution < 1.29 is 9.90 Å². The minimum Gasteiger partial charge on any atom is -0.478 e. The molecule has 4 heteroatoms. The Labute approximate surface area is 101 Å². The maximum Gasteiger partial charge on any atom is 0.335 e. The highest BCUT2D eigenvalue weighted by Gasteiger charge is 2.17. The molecule has 1 heterocycles. The van der Waals surface area contributed by atoms with Crippen molar-refractivity contribution in [2.75, 3.05) is 18.0 Å². The number of carboxylic acids is 1. The molecule has 3 N–H and O–H groups in total. The Bertz CT molecular complexity index is 423. The fraction of sp³-hybridized carbons (Fsp3) is 0.462. The smallest absolute Gasteiger partial charge is 0.335 e. The van der Waals surface area contributed by atoms with Crippen LogP contribution in [-0.2, 0) is 0 Å². The van der Waals surface area contributed by atoms with E-state index in [4.69, 9.17) is 10.8 Å². The van der Waals surface area contributed by atoms with Gasteiger partial charge in [-0.15, -0.1) is 0 Å². The molecule has 0 spiro atoms. The lowest BCUT2D eigenvalue weighted by Gasteiger charge is -2.32. The van der Waals surface area contributed by atoms with Crippen LogP contribution in [0, 0.1) is 6.92 Å². The molecule has 0 aliphatic carbocycles. The summed E-state index contributed by atoms with van der Waals surface area (Å²) in [6.07, 6.45) is 2.00. The number of nitrogens with zero attached hydrogens (tertiary/aromatic N) is 1. The van der Waals surface area contributed by atoms with Crippen molar-refractivity contribution in [1.82, 2.24) is 0 Å². The third-order valence-corrected chi connectivity index (χ3v) is 3.35. The first-order chi connectivity index (χ1) is 8.08. The summed E-state index contributed by atoms with van der Waals surface area (Å²) in [5, 5.41) is 8.97. The van der Waals surface area contributed by atoms with Crippen LogP contribution >= 0.6 is 0 Å². The monoisotopic (exact) mass is 234 g/mol. The van der Waals surface area contributed by atoms with Gasteiger partial charge in [0.25, 0.3) is 0 Å². The van der Waals surface area contributed by atoms with E-state index in [0.29, 0.717) is 11.6 Å². The molecule has 0 amide bonds. The summed E-state index contributed by atoms with van der Waals surface area (Å²) in [6, 6.07) is 5.82. The highest BCUT2D eigenvalue weighted by Crippen LogP contribution is 2.22. The first-order valence-electron chi connectivity index (χ1n) is 5.92. The van der Waals surface area contributed by atoms with Gasteiger partial charge in [-0.05, 0) is 43.5 Å². The van der Waals surface area contributed by atoms with Crippen LogP contribution in [-0.4, -0.2) is 30.2 Å². The molecular formula is C13H18N2O2. The summed E-state index contributed by atoms with van der Waals surface area (Å²) in [6.45, 7) is 3.74. The van der Waals surface area contributed by atoms with E-state index in [2.05, 4.69) is 4.90 Å². The fourth-order valence-corrected chi connectivity index (χ4v) is 2.24. The molecule has 2 rings (SSSR count). The minimum absolute atomic E-state index is 0.311. The van der Waals surface area contributed by atoms with Gasteiger partial charge in [-0.1, -0.05) is 0 Å². The topological polar surface area (TPSA) is 66.6 Å². The molecule has 0 radical (unpaired) electrons. The van der Waals surface area contributed by atoms with Crippen LogP contribution in [0.3, 0.4) is 0 Å². The number of piperidine rings is 1. The van der Waals surface area contributed by atoms with E-state index in [1.54, 1.807) is 6.07 Å².